The van der Waals surface area contributed by atoms with E-state index in [0.29, 0.717) is 0 Å². The van der Waals surface area contributed by atoms with Crippen molar-refractivity contribution in [1.29, 1.82) is 0 Å². The second kappa shape index (κ2) is 51.1. The quantitative estimate of drug-likeness (QED) is 0.471. The Labute approximate surface area is 60.3 Å². The van der Waals surface area contributed by atoms with Crippen LogP contribution in [-0.4, -0.2) is 0 Å². The fourth-order valence-corrected chi connectivity index (χ4v) is 0.236. The van der Waals surface area contributed by atoms with Gasteiger partial charge in [0.05, 0.1) is 0 Å². The fourth-order valence-electron chi connectivity index (χ4n) is 0.236. The molecule has 0 bridgehead atoms. The van der Waals surface area contributed by atoms with E-state index < -0.39 is 0 Å². The van der Waals surface area contributed by atoms with Gasteiger partial charge in [0.15, 0.2) is 0 Å². The molecule has 0 aromatic carbocycles. The summed E-state index contributed by atoms with van der Waals surface area (Å²) in [6, 6.07) is 0. The van der Waals surface area contributed by atoms with Crippen LogP contribution in [0.4, 0.5) is 0 Å². The number of hydrogen-bond acceptors (Lipinski definition) is 0. The molecule has 0 fully saturated rings. The molecule has 0 heterocycles. The van der Waals surface area contributed by atoms with Gasteiger partial charge in [0.1, 0.15) is 0 Å². The van der Waals surface area contributed by atoms with Crippen LogP contribution in [0.2, 0.25) is 0 Å². The monoisotopic (exact) mass is 128 g/mol. The van der Waals surface area contributed by atoms with Gasteiger partial charge in [0.25, 0.3) is 0 Å². The van der Waals surface area contributed by atoms with Crippen LogP contribution in [0.25, 0.3) is 0 Å². The topological polar surface area (TPSA) is 0 Å². The molecule has 0 aromatic heterocycles. The van der Waals surface area contributed by atoms with Gasteiger partial charge in [-0.3, -0.25) is 0 Å². The average Bonchev–Trinajstić information content (AvgIpc) is 1.98. The maximum Gasteiger partial charge on any atom is -0.0379 e. The van der Waals surface area contributed by atoms with Crippen molar-refractivity contribution in [3.8, 4) is 0 Å². The molecule has 0 rings (SSSR count). The van der Waals surface area contributed by atoms with Crippen LogP contribution in [0.5, 0.6) is 0 Å². The van der Waals surface area contributed by atoms with Gasteiger partial charge in [0.2, 0.25) is 0 Å². The van der Waals surface area contributed by atoms with E-state index in [0.717, 1.165) is 6.42 Å². The molecule has 9 heavy (non-hydrogen) atoms. The highest BCUT2D eigenvalue weighted by Crippen LogP contribution is 1.73. The average molecular weight is 128 g/mol. The first kappa shape index (κ1) is 15.8. The fraction of sp³-hybridized carbons (Fsp3) is 0.556. The zero-order chi connectivity index (χ0) is 8.12. The summed E-state index contributed by atoms with van der Waals surface area (Å²) in [5.41, 5.74) is 0. The molecule has 0 aliphatic heterocycles. The van der Waals surface area contributed by atoms with Crippen LogP contribution < -0.4 is 0 Å². The first-order chi connectivity index (χ1) is 4.41. The third-order valence-electron chi connectivity index (χ3n) is 0.471. The lowest BCUT2D eigenvalue weighted by molar-refractivity contribution is 1.22. The SMILES string of the molecule is C/C=C/CC.C=C.CC. The standard InChI is InChI=1S/C5H10.C2H6.C2H4/c1-3-5-4-2;2*1-2/h3,5H,4H2,1-2H3;1-2H3;1-2H2/b5-3+;;. The summed E-state index contributed by atoms with van der Waals surface area (Å²) in [6.45, 7) is 14.2. The van der Waals surface area contributed by atoms with Crippen LogP contribution in [-0.2, 0) is 0 Å². The Hall–Kier alpha value is -0.520. The molecule has 0 unspecified atom stereocenters. The van der Waals surface area contributed by atoms with Gasteiger partial charge in [-0.15, -0.1) is 13.2 Å². The van der Waals surface area contributed by atoms with Crippen LogP contribution in [0.1, 0.15) is 34.1 Å². The summed E-state index contributed by atoms with van der Waals surface area (Å²) >= 11 is 0. The Morgan fingerprint density at radius 1 is 1.22 bits per heavy atom. The van der Waals surface area contributed by atoms with Crippen LogP contribution in [0.3, 0.4) is 0 Å². The lowest BCUT2D eigenvalue weighted by Crippen LogP contribution is -1.43. The minimum Gasteiger partial charge on any atom is -0.106 e. The lowest BCUT2D eigenvalue weighted by atomic mass is 10.4. The maximum atomic E-state index is 3.00. The number of allylic oxidation sites excluding steroid dienone is 2. The van der Waals surface area contributed by atoms with E-state index in [-0.39, 0.29) is 0 Å². The molecule has 0 nitrogen and oxygen atoms in total. The molecule has 0 saturated heterocycles. The Kier molecular flexibility index (Phi) is 89.6. The molecule has 0 aromatic rings. The molecule has 56 valence electrons. The van der Waals surface area contributed by atoms with Crippen molar-refractivity contribution in [2.75, 3.05) is 0 Å². The van der Waals surface area contributed by atoms with Crippen molar-refractivity contribution < 1.29 is 0 Å². The number of rotatable bonds is 1. The van der Waals surface area contributed by atoms with Crippen LogP contribution >= 0.6 is 0 Å². The Bertz CT molecular complexity index is 35.3. The second-order valence-corrected chi connectivity index (χ2v) is 0.977. The molecule has 0 amide bonds. The maximum absolute atomic E-state index is 3.00. The highest BCUT2D eigenvalue weighted by Gasteiger charge is 1.52. The van der Waals surface area contributed by atoms with E-state index in [1.54, 1.807) is 0 Å². The molecular weight excluding hydrogens is 108 g/mol. The summed E-state index contributed by atoms with van der Waals surface area (Å²) < 4.78 is 0. The van der Waals surface area contributed by atoms with Gasteiger partial charge < -0.3 is 0 Å². The van der Waals surface area contributed by atoms with Gasteiger partial charge in [-0.2, -0.15) is 0 Å². The number of hydrogen-bond donors (Lipinski definition) is 0. The minimum absolute atomic E-state index is 1.16. The van der Waals surface area contributed by atoms with Gasteiger partial charge in [-0.05, 0) is 13.3 Å². The van der Waals surface area contributed by atoms with Crippen molar-refractivity contribution in [3.63, 3.8) is 0 Å². The third kappa shape index (κ3) is 103. The smallest absolute Gasteiger partial charge is 0.0379 e. The van der Waals surface area contributed by atoms with E-state index in [2.05, 4.69) is 32.2 Å². The molecule has 0 spiro atoms. The largest absolute Gasteiger partial charge is 0.106 e. The molecule has 0 atom stereocenters. The minimum atomic E-state index is 1.16. The normalized spacial score (nSPS) is 6.67. The molecular formula is C9H20. The molecule has 0 saturated carbocycles. The summed E-state index contributed by atoms with van der Waals surface area (Å²) in [7, 11) is 0. The first-order valence-electron chi connectivity index (χ1n) is 3.53. The van der Waals surface area contributed by atoms with E-state index in [9.17, 15) is 0 Å². The molecule has 0 heteroatoms. The molecule has 0 N–H and O–H groups in total. The summed E-state index contributed by atoms with van der Waals surface area (Å²) in [5.74, 6) is 0. The predicted octanol–water partition coefficient (Wildman–Crippen LogP) is 3.80. The lowest BCUT2D eigenvalue weighted by Gasteiger charge is -1.65. The second-order valence-electron chi connectivity index (χ2n) is 0.977. The van der Waals surface area contributed by atoms with Crippen LogP contribution in [0, 0.1) is 0 Å². The van der Waals surface area contributed by atoms with Crippen molar-refractivity contribution in [2.24, 2.45) is 0 Å². The summed E-state index contributed by atoms with van der Waals surface area (Å²) in [6.07, 6.45) is 5.34. The van der Waals surface area contributed by atoms with E-state index in [1.807, 2.05) is 20.8 Å². The zero-order valence-electron chi connectivity index (χ0n) is 7.28. The van der Waals surface area contributed by atoms with Gasteiger partial charge in [0, 0.05) is 0 Å². The van der Waals surface area contributed by atoms with Crippen LogP contribution in [0.15, 0.2) is 25.3 Å². The van der Waals surface area contributed by atoms with Gasteiger partial charge in [-0.25, -0.2) is 0 Å². The summed E-state index contributed by atoms with van der Waals surface area (Å²) in [4.78, 5) is 0. The predicted molar refractivity (Wildman–Crippen MR) is 47.7 cm³/mol. The highest BCUT2D eigenvalue weighted by atomic mass is 13.6. The van der Waals surface area contributed by atoms with Crippen molar-refractivity contribution >= 4 is 0 Å². The van der Waals surface area contributed by atoms with Gasteiger partial charge in [-0.1, -0.05) is 32.9 Å². The Morgan fingerprint density at radius 3 is 1.56 bits per heavy atom. The zero-order valence-corrected chi connectivity index (χ0v) is 7.28. The van der Waals surface area contributed by atoms with E-state index in [4.69, 9.17) is 0 Å². The molecule has 0 radical (unpaired) electrons. The Balaban J connectivity index is -0.0000000771. The van der Waals surface area contributed by atoms with Gasteiger partial charge >= 0.3 is 0 Å². The van der Waals surface area contributed by atoms with E-state index in [1.165, 1.54) is 0 Å². The third-order valence-corrected chi connectivity index (χ3v) is 0.471. The summed E-state index contributed by atoms with van der Waals surface area (Å²) in [5, 5.41) is 0. The van der Waals surface area contributed by atoms with E-state index >= 15 is 0 Å². The molecule has 0 aliphatic rings. The van der Waals surface area contributed by atoms with Crippen molar-refractivity contribution in [3.05, 3.63) is 25.3 Å². The Morgan fingerprint density at radius 2 is 1.56 bits per heavy atom. The molecule has 0 aliphatic carbocycles. The highest BCUT2D eigenvalue weighted by molar-refractivity contribution is 4.73. The van der Waals surface area contributed by atoms with Crippen molar-refractivity contribution in [2.45, 2.75) is 34.1 Å². The van der Waals surface area contributed by atoms with Crippen molar-refractivity contribution in [1.82, 2.24) is 0 Å². The first-order valence-corrected chi connectivity index (χ1v) is 3.53.